The molecule has 0 bridgehead atoms. The summed E-state index contributed by atoms with van der Waals surface area (Å²) in [6.07, 6.45) is 3.62. The van der Waals surface area contributed by atoms with Crippen LogP contribution in [0.3, 0.4) is 0 Å². The Morgan fingerprint density at radius 3 is 2.24 bits per heavy atom. The normalized spacial score (nSPS) is 14.7. The Labute approximate surface area is 218 Å². The highest BCUT2D eigenvalue weighted by Crippen LogP contribution is 2.48. The second-order valence-electron chi connectivity index (χ2n) is 9.48. The van der Waals surface area contributed by atoms with Crippen molar-refractivity contribution in [1.29, 1.82) is 0 Å². The maximum atomic E-state index is 12.8. The molecule has 0 saturated heterocycles. The molecule has 1 unspecified atom stereocenters. The van der Waals surface area contributed by atoms with Gasteiger partial charge in [0, 0.05) is 18.0 Å². The van der Waals surface area contributed by atoms with Crippen LogP contribution in [-0.2, 0) is 14.9 Å². The molecule has 1 atom stereocenters. The number of ether oxygens (including phenoxy) is 1. The van der Waals surface area contributed by atoms with Gasteiger partial charge in [-0.25, -0.2) is 9.78 Å². The van der Waals surface area contributed by atoms with Crippen LogP contribution in [0.15, 0.2) is 95.7 Å². The van der Waals surface area contributed by atoms with Crippen LogP contribution in [0.4, 0.5) is 10.6 Å². The number of aromatic nitrogens is 2. The summed E-state index contributed by atoms with van der Waals surface area (Å²) >= 11 is 0. The summed E-state index contributed by atoms with van der Waals surface area (Å²) in [5.74, 6) is 0.459. The van der Waals surface area contributed by atoms with Crippen molar-refractivity contribution in [2.45, 2.75) is 31.3 Å². The van der Waals surface area contributed by atoms with Crippen molar-refractivity contribution in [3.63, 3.8) is 0 Å². The maximum Gasteiger partial charge on any atom is 0.413 e. The van der Waals surface area contributed by atoms with Gasteiger partial charge in [0.2, 0.25) is 0 Å². The molecule has 6 rings (SSSR count). The van der Waals surface area contributed by atoms with Gasteiger partial charge < -0.3 is 14.3 Å². The highest BCUT2D eigenvalue weighted by atomic mass is 16.6. The van der Waals surface area contributed by atoms with Gasteiger partial charge in [0.25, 0.3) is 0 Å². The van der Waals surface area contributed by atoms with Crippen LogP contribution < -0.4 is 5.32 Å². The summed E-state index contributed by atoms with van der Waals surface area (Å²) in [4.78, 5) is 28.6. The van der Waals surface area contributed by atoms with E-state index in [0.29, 0.717) is 30.3 Å². The summed E-state index contributed by atoms with van der Waals surface area (Å²) in [6.45, 7) is 1.81. The molecule has 1 amide bonds. The highest BCUT2D eigenvalue weighted by molar-refractivity contribution is 5.89. The molecule has 190 valence electrons. The minimum absolute atomic E-state index is 0.346. The first kappa shape index (κ1) is 23.5. The molecule has 0 radical (unpaired) electrons. The van der Waals surface area contributed by atoms with Gasteiger partial charge in [-0.2, -0.15) is 0 Å². The first-order valence-corrected chi connectivity index (χ1v) is 12.4. The van der Waals surface area contributed by atoms with Gasteiger partial charge in [-0.05, 0) is 42.0 Å². The fraction of sp³-hybridized carbons (Fsp3) is 0.167. The number of imidazole rings is 1. The largest absolute Gasteiger partial charge is 0.481 e. The molecule has 1 saturated carbocycles. The summed E-state index contributed by atoms with van der Waals surface area (Å²) in [5.41, 5.74) is 3.72. The molecule has 2 aromatic heterocycles. The second kappa shape index (κ2) is 9.23. The van der Waals surface area contributed by atoms with Crippen LogP contribution in [0.25, 0.3) is 28.3 Å². The second-order valence-corrected chi connectivity index (χ2v) is 9.48. The zero-order valence-electron chi connectivity index (χ0n) is 20.6. The Morgan fingerprint density at radius 1 is 0.974 bits per heavy atom. The van der Waals surface area contributed by atoms with E-state index in [1.54, 1.807) is 16.8 Å². The monoisotopic (exact) mass is 507 g/mol. The van der Waals surface area contributed by atoms with Crippen LogP contribution >= 0.6 is 0 Å². The van der Waals surface area contributed by atoms with Crippen LogP contribution in [0, 0.1) is 0 Å². The quantitative estimate of drug-likeness (QED) is 0.254. The van der Waals surface area contributed by atoms with E-state index in [2.05, 4.69) is 10.3 Å². The number of oxazole rings is 1. The van der Waals surface area contributed by atoms with Crippen molar-refractivity contribution >= 4 is 23.7 Å². The van der Waals surface area contributed by atoms with E-state index in [9.17, 15) is 14.7 Å². The van der Waals surface area contributed by atoms with Gasteiger partial charge in [0.05, 0.1) is 5.41 Å². The highest BCUT2D eigenvalue weighted by Gasteiger charge is 2.51. The van der Waals surface area contributed by atoms with Crippen LogP contribution in [0.2, 0.25) is 0 Å². The number of carbonyl (C=O) groups is 2. The van der Waals surface area contributed by atoms with Crippen molar-refractivity contribution in [3.05, 3.63) is 102 Å². The third-order valence-corrected chi connectivity index (χ3v) is 7.11. The van der Waals surface area contributed by atoms with E-state index < -0.39 is 23.6 Å². The third-order valence-electron chi connectivity index (χ3n) is 7.11. The molecule has 8 heteroatoms. The lowest BCUT2D eigenvalue weighted by Crippen LogP contribution is -2.19. The smallest absolute Gasteiger partial charge is 0.413 e. The molecule has 38 heavy (non-hydrogen) atoms. The lowest BCUT2D eigenvalue weighted by Gasteiger charge is -2.14. The molecular weight excluding hydrogens is 482 g/mol. The van der Waals surface area contributed by atoms with Gasteiger partial charge in [0.1, 0.15) is 6.10 Å². The fourth-order valence-corrected chi connectivity index (χ4v) is 4.72. The lowest BCUT2D eigenvalue weighted by molar-refractivity contribution is -0.140. The summed E-state index contributed by atoms with van der Waals surface area (Å²) < 4.78 is 13.2. The molecule has 3 aromatic carbocycles. The molecule has 2 heterocycles. The van der Waals surface area contributed by atoms with E-state index in [1.165, 1.54) is 0 Å². The van der Waals surface area contributed by atoms with E-state index >= 15 is 0 Å². The number of hydrogen-bond acceptors (Lipinski definition) is 5. The predicted octanol–water partition coefficient (Wildman–Crippen LogP) is 6.69. The van der Waals surface area contributed by atoms with Gasteiger partial charge in [0.15, 0.2) is 11.6 Å². The summed E-state index contributed by atoms with van der Waals surface area (Å²) in [5, 5.41) is 12.4. The first-order valence-electron chi connectivity index (χ1n) is 12.4. The molecule has 8 nitrogen and oxygen atoms in total. The van der Waals surface area contributed by atoms with Crippen molar-refractivity contribution in [2.75, 3.05) is 5.32 Å². The fourth-order valence-electron chi connectivity index (χ4n) is 4.72. The zero-order valence-corrected chi connectivity index (χ0v) is 20.6. The average molecular weight is 508 g/mol. The Bertz CT molecular complexity index is 1610. The minimum Gasteiger partial charge on any atom is -0.481 e. The number of carboxylic acid groups (broad SMARTS) is 1. The Balaban J connectivity index is 1.23. The van der Waals surface area contributed by atoms with Crippen LogP contribution in [0.5, 0.6) is 0 Å². The van der Waals surface area contributed by atoms with E-state index in [0.717, 1.165) is 27.8 Å². The van der Waals surface area contributed by atoms with E-state index in [1.807, 2.05) is 85.8 Å². The van der Waals surface area contributed by atoms with Crippen molar-refractivity contribution in [3.8, 4) is 22.5 Å². The van der Waals surface area contributed by atoms with Crippen molar-refractivity contribution in [1.82, 2.24) is 9.38 Å². The van der Waals surface area contributed by atoms with E-state index in [-0.39, 0.29) is 0 Å². The number of hydrogen-bond donors (Lipinski definition) is 2. The lowest BCUT2D eigenvalue weighted by atomic mass is 9.93. The summed E-state index contributed by atoms with van der Waals surface area (Å²) in [7, 11) is 0. The number of carbonyl (C=O) groups excluding carboxylic acids is 1. The minimum atomic E-state index is -0.762. The molecule has 2 N–H and O–H groups in total. The van der Waals surface area contributed by atoms with Crippen LogP contribution in [-0.4, -0.2) is 26.6 Å². The molecule has 0 aliphatic heterocycles. The molecule has 0 spiro atoms. The van der Waals surface area contributed by atoms with Crippen molar-refractivity contribution < 1.29 is 23.8 Å². The number of benzene rings is 3. The van der Waals surface area contributed by atoms with Crippen LogP contribution in [0.1, 0.15) is 37.0 Å². The topological polar surface area (TPSA) is 106 Å². The predicted molar refractivity (Wildman–Crippen MR) is 142 cm³/mol. The number of nitrogens with zero attached hydrogens (tertiary/aromatic N) is 2. The Hall–Kier alpha value is -4.85. The molecule has 1 aliphatic carbocycles. The zero-order chi connectivity index (χ0) is 26.3. The number of carboxylic acids is 1. The van der Waals surface area contributed by atoms with Gasteiger partial charge in [-0.1, -0.05) is 78.9 Å². The molecule has 5 aromatic rings. The first-order chi connectivity index (χ1) is 18.4. The van der Waals surface area contributed by atoms with Gasteiger partial charge in [-0.3, -0.25) is 14.5 Å². The average Bonchev–Trinajstić information content (AvgIpc) is 3.52. The molecular formula is C30H25N3O5. The van der Waals surface area contributed by atoms with Gasteiger partial charge in [-0.15, -0.1) is 0 Å². The number of amides is 1. The Kier molecular flexibility index (Phi) is 5.72. The van der Waals surface area contributed by atoms with E-state index in [4.69, 9.17) is 9.15 Å². The number of fused-ring (bicyclic) bond motifs is 1. The SMILES string of the molecule is CC(OC(=O)Nc1c(-c2ccc(-c3ccc(C4(C(=O)O)CC4)cc3)cc2)oc2nccn12)c1ccccc1. The van der Waals surface area contributed by atoms with Gasteiger partial charge >= 0.3 is 17.9 Å². The standard InChI is InChI=1S/C30H25N3O5/c1-19(20-5-3-2-4-6-20)37-29(36)32-26-25(38-28-31-17-18-33(26)28)23-9-7-21(8-10-23)22-11-13-24(14-12-22)30(15-16-30)27(34)35/h2-14,17-19H,15-16H2,1H3,(H,32,36)(H,34,35). The molecule has 1 aliphatic rings. The summed E-state index contributed by atoms with van der Waals surface area (Å²) in [6, 6.07) is 24.9. The van der Waals surface area contributed by atoms with Crippen molar-refractivity contribution in [2.24, 2.45) is 0 Å². The number of aliphatic carboxylic acids is 1. The number of anilines is 1. The maximum absolute atomic E-state index is 12.8. The molecule has 1 fully saturated rings. The number of rotatable bonds is 7. The third kappa shape index (κ3) is 4.20. The Morgan fingerprint density at radius 2 is 1.61 bits per heavy atom. The number of nitrogens with one attached hydrogen (secondary N) is 1.